The van der Waals surface area contributed by atoms with Gasteiger partial charge in [-0.25, -0.2) is 19.2 Å². The summed E-state index contributed by atoms with van der Waals surface area (Å²) < 4.78 is 33.8. The van der Waals surface area contributed by atoms with E-state index in [-0.39, 0.29) is 18.2 Å². The number of carboxylic acids is 1. The Morgan fingerprint density at radius 2 is 1.88 bits per heavy atom. The average molecular weight is 557 g/mol. The number of aromatic nitrogens is 4. The second-order valence-corrected chi connectivity index (χ2v) is 9.50. The maximum absolute atomic E-state index is 15.4. The van der Waals surface area contributed by atoms with Crippen LogP contribution < -0.4 is 9.47 Å². The van der Waals surface area contributed by atoms with Crippen LogP contribution in [-0.2, 0) is 24.3 Å². The minimum atomic E-state index is -1.02. The Balaban J connectivity index is 1.37. The fourth-order valence-electron chi connectivity index (χ4n) is 4.61. The van der Waals surface area contributed by atoms with Gasteiger partial charge in [-0.3, -0.25) is 0 Å². The van der Waals surface area contributed by atoms with Crippen LogP contribution in [0.3, 0.4) is 0 Å². The number of hydrogen-bond acceptors (Lipinski definition) is 7. The van der Waals surface area contributed by atoms with E-state index in [2.05, 4.69) is 9.97 Å². The normalized spacial score (nSPS) is 11.1. The minimum Gasteiger partial charge on any atom is -0.496 e. The van der Waals surface area contributed by atoms with Gasteiger partial charge < -0.3 is 23.9 Å². The van der Waals surface area contributed by atoms with E-state index in [1.165, 1.54) is 18.3 Å². The summed E-state index contributed by atoms with van der Waals surface area (Å²) in [5, 5.41) is 9.42. The third-order valence-electron chi connectivity index (χ3n) is 6.70. The molecular weight excluding hydrogens is 527 g/mol. The van der Waals surface area contributed by atoms with Gasteiger partial charge in [0.15, 0.2) is 0 Å². The second kappa shape index (κ2) is 12.1. The van der Waals surface area contributed by atoms with Crippen LogP contribution in [-0.4, -0.2) is 51.4 Å². The Labute approximate surface area is 236 Å². The van der Waals surface area contributed by atoms with E-state index >= 15 is 4.39 Å². The van der Waals surface area contributed by atoms with Crippen LogP contribution in [0.4, 0.5) is 4.39 Å². The molecule has 2 heterocycles. The van der Waals surface area contributed by atoms with Gasteiger partial charge >= 0.3 is 12.0 Å². The smallest absolute Gasteiger partial charge is 0.335 e. The summed E-state index contributed by atoms with van der Waals surface area (Å²) >= 11 is 0. The Hall–Kier alpha value is -4.83. The highest BCUT2D eigenvalue weighted by Crippen LogP contribution is 2.26. The molecule has 0 amide bonds. The molecule has 0 aliphatic carbocycles. The lowest BCUT2D eigenvalue weighted by Crippen LogP contribution is -2.09. The average Bonchev–Trinajstić information content (AvgIpc) is 3.31. The standard InChI is InChI=1S/C31H29FN4O5/c1-19-4-6-22(28(14-19)40-3)18-41-31-33-11-10-25(35-31)23-8-5-20(15-24(23)32)16-29-34-26-9-7-21(30(37)38)17-27(26)36(29)12-13-39-2/h4-11,14-15,17H,12-13,16,18H2,1-3H3,(H,37,38). The van der Waals surface area contributed by atoms with Gasteiger partial charge in [-0.2, -0.15) is 4.98 Å². The van der Waals surface area contributed by atoms with E-state index in [0.717, 1.165) is 11.1 Å². The lowest BCUT2D eigenvalue weighted by molar-refractivity contribution is 0.0697. The molecule has 0 aliphatic heterocycles. The molecule has 0 saturated carbocycles. The number of nitrogens with zero attached hydrogens (tertiary/aromatic N) is 4. The zero-order chi connectivity index (χ0) is 28.9. The highest BCUT2D eigenvalue weighted by Gasteiger charge is 2.16. The van der Waals surface area contributed by atoms with E-state index in [1.807, 2.05) is 35.8 Å². The lowest BCUT2D eigenvalue weighted by atomic mass is 10.1. The first-order valence-electron chi connectivity index (χ1n) is 13.0. The summed E-state index contributed by atoms with van der Waals surface area (Å²) in [5.41, 5.74) is 4.85. The maximum atomic E-state index is 15.4. The van der Waals surface area contributed by atoms with Crippen molar-refractivity contribution < 1.29 is 28.5 Å². The summed E-state index contributed by atoms with van der Waals surface area (Å²) in [6.07, 6.45) is 1.87. The number of aryl methyl sites for hydroxylation is 1. The molecule has 0 unspecified atom stereocenters. The first kappa shape index (κ1) is 27.7. The van der Waals surface area contributed by atoms with Gasteiger partial charge in [0.05, 0.1) is 36.0 Å². The summed E-state index contributed by atoms with van der Waals surface area (Å²) in [6.45, 7) is 3.07. The zero-order valence-corrected chi connectivity index (χ0v) is 22.9. The van der Waals surface area contributed by atoms with Gasteiger partial charge in [0.1, 0.15) is 24.0 Å². The van der Waals surface area contributed by atoms with Crippen LogP contribution in [0.15, 0.2) is 66.9 Å². The van der Waals surface area contributed by atoms with Crippen molar-refractivity contribution in [2.45, 2.75) is 26.5 Å². The van der Waals surface area contributed by atoms with Gasteiger partial charge in [0, 0.05) is 37.4 Å². The number of benzene rings is 3. The van der Waals surface area contributed by atoms with Crippen LogP contribution in [0.1, 0.15) is 32.9 Å². The SMILES string of the molecule is COCCn1c(Cc2ccc(-c3ccnc(OCc4ccc(C)cc4OC)n3)c(F)c2)nc2ccc(C(=O)O)cc21. The predicted octanol–water partition coefficient (Wildman–Crippen LogP) is 5.46. The van der Waals surface area contributed by atoms with Gasteiger partial charge in [-0.05, 0) is 60.5 Å². The van der Waals surface area contributed by atoms with Crippen molar-refractivity contribution in [3.05, 3.63) is 101 Å². The fraction of sp³-hybridized carbons (Fsp3) is 0.226. The first-order chi connectivity index (χ1) is 19.9. The number of fused-ring (bicyclic) bond motifs is 1. The molecule has 0 saturated heterocycles. The maximum Gasteiger partial charge on any atom is 0.335 e. The number of imidazole rings is 1. The van der Waals surface area contributed by atoms with Crippen molar-refractivity contribution in [1.82, 2.24) is 19.5 Å². The van der Waals surface area contributed by atoms with Crippen LogP contribution in [0.5, 0.6) is 11.8 Å². The third kappa shape index (κ3) is 6.17. The Morgan fingerprint density at radius 1 is 1.02 bits per heavy atom. The molecule has 41 heavy (non-hydrogen) atoms. The Kier molecular flexibility index (Phi) is 8.21. The van der Waals surface area contributed by atoms with E-state index in [0.29, 0.717) is 59.0 Å². The predicted molar refractivity (Wildman–Crippen MR) is 151 cm³/mol. The molecule has 2 aromatic heterocycles. The van der Waals surface area contributed by atoms with Crippen LogP contribution in [0.2, 0.25) is 0 Å². The summed E-state index contributed by atoms with van der Waals surface area (Å²) in [4.78, 5) is 24.8. The lowest BCUT2D eigenvalue weighted by Gasteiger charge is -2.11. The molecule has 1 N–H and O–H groups in total. The molecular formula is C31H29FN4O5. The summed E-state index contributed by atoms with van der Waals surface area (Å²) in [5.74, 6) is -0.0734. The first-order valence-corrected chi connectivity index (χ1v) is 13.0. The van der Waals surface area contributed by atoms with Crippen molar-refractivity contribution >= 4 is 17.0 Å². The van der Waals surface area contributed by atoms with E-state index in [4.69, 9.17) is 19.2 Å². The second-order valence-electron chi connectivity index (χ2n) is 9.50. The zero-order valence-electron chi connectivity index (χ0n) is 22.9. The van der Waals surface area contributed by atoms with Crippen molar-refractivity contribution in [1.29, 1.82) is 0 Å². The largest absolute Gasteiger partial charge is 0.496 e. The topological polar surface area (TPSA) is 109 Å². The minimum absolute atomic E-state index is 0.126. The van der Waals surface area contributed by atoms with E-state index < -0.39 is 11.8 Å². The van der Waals surface area contributed by atoms with Gasteiger partial charge in [0.25, 0.3) is 0 Å². The molecule has 5 rings (SSSR count). The highest BCUT2D eigenvalue weighted by molar-refractivity contribution is 5.92. The van der Waals surface area contributed by atoms with Crippen LogP contribution >= 0.6 is 0 Å². The van der Waals surface area contributed by atoms with Crippen LogP contribution in [0, 0.1) is 12.7 Å². The molecule has 5 aromatic rings. The van der Waals surface area contributed by atoms with Gasteiger partial charge in [-0.1, -0.05) is 18.2 Å². The highest BCUT2D eigenvalue weighted by atomic mass is 19.1. The number of ether oxygens (including phenoxy) is 3. The van der Waals surface area contributed by atoms with Crippen molar-refractivity contribution in [3.8, 4) is 23.0 Å². The fourth-order valence-corrected chi connectivity index (χ4v) is 4.61. The molecule has 10 heteroatoms. The Morgan fingerprint density at radius 3 is 2.63 bits per heavy atom. The molecule has 210 valence electrons. The van der Waals surface area contributed by atoms with Crippen LogP contribution in [0.25, 0.3) is 22.3 Å². The molecule has 0 aliphatic rings. The van der Waals surface area contributed by atoms with Gasteiger partial charge in [-0.15, -0.1) is 0 Å². The number of carboxylic acid groups (broad SMARTS) is 1. The molecule has 0 radical (unpaired) electrons. The van der Waals surface area contributed by atoms with Crippen molar-refractivity contribution in [2.75, 3.05) is 20.8 Å². The van der Waals surface area contributed by atoms with E-state index in [9.17, 15) is 9.90 Å². The number of rotatable bonds is 11. The number of aromatic carboxylic acids is 1. The molecule has 0 fully saturated rings. The summed E-state index contributed by atoms with van der Waals surface area (Å²) in [6, 6.07) is 17.3. The molecule has 0 spiro atoms. The third-order valence-corrected chi connectivity index (χ3v) is 6.70. The quantitative estimate of drug-likeness (QED) is 0.228. The molecule has 3 aromatic carbocycles. The van der Waals surface area contributed by atoms with Gasteiger partial charge in [0.2, 0.25) is 0 Å². The summed E-state index contributed by atoms with van der Waals surface area (Å²) in [7, 11) is 3.20. The number of hydrogen-bond donors (Lipinski definition) is 1. The molecule has 0 atom stereocenters. The Bertz CT molecular complexity index is 1720. The van der Waals surface area contributed by atoms with Crippen molar-refractivity contribution in [3.63, 3.8) is 0 Å². The molecule has 0 bridgehead atoms. The number of halogens is 1. The van der Waals surface area contributed by atoms with E-state index in [1.54, 1.807) is 38.5 Å². The number of methoxy groups -OCH3 is 2. The molecule has 9 nitrogen and oxygen atoms in total. The van der Waals surface area contributed by atoms with Crippen molar-refractivity contribution in [2.24, 2.45) is 0 Å². The monoisotopic (exact) mass is 556 g/mol. The number of carbonyl (C=O) groups is 1.